The predicted molar refractivity (Wildman–Crippen MR) is 71.8 cm³/mol. The Hall–Kier alpha value is -1.82. The van der Waals surface area contributed by atoms with Crippen LogP contribution < -0.4 is 11.1 Å². The zero-order valence-electron chi connectivity index (χ0n) is 11.3. The number of hydrogen-bond acceptors (Lipinski definition) is 4. The summed E-state index contributed by atoms with van der Waals surface area (Å²) in [6.45, 7) is 1.63. The fraction of sp³-hybridized carbons (Fsp3) is 0.571. The van der Waals surface area contributed by atoms with Crippen molar-refractivity contribution < 1.29 is 14.0 Å². The number of hydrogen-bond donors (Lipinski definition) is 2. The Balaban J connectivity index is 1.66. The van der Waals surface area contributed by atoms with E-state index in [4.69, 9.17) is 10.2 Å². The molecule has 0 radical (unpaired) electrons. The molecule has 108 valence electrons. The smallest absolute Gasteiger partial charge is 0.289 e. The first kappa shape index (κ1) is 13.2. The van der Waals surface area contributed by atoms with Crippen LogP contribution in [-0.4, -0.2) is 35.8 Å². The summed E-state index contributed by atoms with van der Waals surface area (Å²) in [5.41, 5.74) is 5.48. The van der Waals surface area contributed by atoms with Gasteiger partial charge in [-0.1, -0.05) is 0 Å². The first-order valence-electron chi connectivity index (χ1n) is 7.05. The van der Waals surface area contributed by atoms with E-state index < -0.39 is 0 Å². The molecule has 1 aromatic rings. The fourth-order valence-corrected chi connectivity index (χ4v) is 3.05. The van der Waals surface area contributed by atoms with Crippen molar-refractivity contribution in [1.82, 2.24) is 10.2 Å². The number of amides is 2. The molecule has 0 bridgehead atoms. The number of carbonyl (C=O) groups is 2. The standard InChI is InChI=1S/C14H19N3O3/c15-7-10-2-3-12(20-10)14(19)17-6-5-11-9(8-17)1-4-13(18)16-11/h2-3,9,11H,1,4-8,15H2,(H,16,18). The lowest BCUT2D eigenvalue weighted by Gasteiger charge is -2.41. The van der Waals surface area contributed by atoms with Gasteiger partial charge in [0.05, 0.1) is 6.54 Å². The van der Waals surface area contributed by atoms with Crippen LogP contribution in [0.15, 0.2) is 16.5 Å². The van der Waals surface area contributed by atoms with E-state index in [1.165, 1.54) is 0 Å². The Morgan fingerprint density at radius 2 is 2.30 bits per heavy atom. The lowest BCUT2D eigenvalue weighted by molar-refractivity contribution is -0.125. The number of nitrogens with one attached hydrogen (secondary N) is 1. The van der Waals surface area contributed by atoms with Crippen LogP contribution in [0.5, 0.6) is 0 Å². The van der Waals surface area contributed by atoms with Gasteiger partial charge in [-0.2, -0.15) is 0 Å². The van der Waals surface area contributed by atoms with E-state index in [2.05, 4.69) is 5.32 Å². The number of nitrogens with zero attached hydrogens (tertiary/aromatic N) is 1. The largest absolute Gasteiger partial charge is 0.455 e. The average Bonchev–Trinajstić information content (AvgIpc) is 2.95. The number of furan rings is 1. The first-order chi connectivity index (χ1) is 9.67. The molecular formula is C14H19N3O3. The highest BCUT2D eigenvalue weighted by atomic mass is 16.4. The number of likely N-dealkylation sites (tertiary alicyclic amines) is 1. The van der Waals surface area contributed by atoms with Gasteiger partial charge in [-0.25, -0.2) is 0 Å². The molecule has 2 unspecified atom stereocenters. The second kappa shape index (κ2) is 5.28. The molecule has 20 heavy (non-hydrogen) atoms. The van der Waals surface area contributed by atoms with E-state index in [0.29, 0.717) is 43.5 Å². The quantitative estimate of drug-likeness (QED) is 0.823. The molecule has 2 amide bonds. The average molecular weight is 277 g/mol. The van der Waals surface area contributed by atoms with Gasteiger partial charge >= 0.3 is 0 Å². The van der Waals surface area contributed by atoms with Crippen molar-refractivity contribution >= 4 is 11.8 Å². The molecule has 1 aromatic heterocycles. The minimum atomic E-state index is -0.0833. The molecule has 2 aliphatic rings. The summed E-state index contributed by atoms with van der Waals surface area (Å²) < 4.78 is 5.41. The molecule has 2 aliphatic heterocycles. The lowest BCUT2D eigenvalue weighted by atomic mass is 9.85. The van der Waals surface area contributed by atoms with Crippen LogP contribution >= 0.6 is 0 Å². The first-order valence-corrected chi connectivity index (χ1v) is 7.05. The van der Waals surface area contributed by atoms with Gasteiger partial charge in [0.25, 0.3) is 5.91 Å². The van der Waals surface area contributed by atoms with E-state index in [0.717, 1.165) is 12.8 Å². The minimum Gasteiger partial charge on any atom is -0.455 e. The lowest BCUT2D eigenvalue weighted by Crippen LogP contribution is -2.55. The number of rotatable bonds is 2. The molecule has 6 nitrogen and oxygen atoms in total. The van der Waals surface area contributed by atoms with Crippen LogP contribution in [0.4, 0.5) is 0 Å². The summed E-state index contributed by atoms with van der Waals surface area (Å²) in [7, 11) is 0. The summed E-state index contributed by atoms with van der Waals surface area (Å²) in [4.78, 5) is 25.6. The van der Waals surface area contributed by atoms with Gasteiger partial charge in [-0.3, -0.25) is 9.59 Å². The molecule has 0 spiro atoms. The Morgan fingerprint density at radius 3 is 3.05 bits per heavy atom. The molecule has 0 aromatic carbocycles. The minimum absolute atomic E-state index is 0.0833. The molecule has 2 fully saturated rings. The van der Waals surface area contributed by atoms with Crippen LogP contribution in [0.2, 0.25) is 0 Å². The zero-order valence-corrected chi connectivity index (χ0v) is 11.3. The summed E-state index contributed by atoms with van der Waals surface area (Å²) in [6, 6.07) is 3.64. The van der Waals surface area contributed by atoms with Gasteiger partial charge in [0.15, 0.2) is 5.76 Å². The van der Waals surface area contributed by atoms with Gasteiger partial charge in [-0.05, 0) is 30.9 Å². The summed E-state index contributed by atoms with van der Waals surface area (Å²) in [5, 5.41) is 3.01. The van der Waals surface area contributed by atoms with E-state index in [1.807, 2.05) is 4.90 Å². The zero-order chi connectivity index (χ0) is 14.1. The van der Waals surface area contributed by atoms with E-state index in [9.17, 15) is 9.59 Å². The molecule has 3 N–H and O–H groups in total. The van der Waals surface area contributed by atoms with Crippen molar-refractivity contribution in [2.24, 2.45) is 11.7 Å². The van der Waals surface area contributed by atoms with E-state index in [1.54, 1.807) is 12.1 Å². The van der Waals surface area contributed by atoms with Gasteiger partial charge in [0.2, 0.25) is 5.91 Å². The van der Waals surface area contributed by atoms with Gasteiger partial charge < -0.3 is 20.4 Å². The van der Waals surface area contributed by atoms with Gasteiger partial charge in [-0.15, -0.1) is 0 Å². The molecular weight excluding hydrogens is 258 g/mol. The third kappa shape index (κ3) is 2.43. The van der Waals surface area contributed by atoms with E-state index >= 15 is 0 Å². The molecule has 2 saturated heterocycles. The van der Waals surface area contributed by atoms with Gasteiger partial charge in [0, 0.05) is 25.6 Å². The summed E-state index contributed by atoms with van der Waals surface area (Å²) in [5.74, 6) is 1.37. The van der Waals surface area contributed by atoms with Crippen molar-refractivity contribution in [1.29, 1.82) is 0 Å². The third-order valence-corrected chi connectivity index (χ3v) is 4.18. The van der Waals surface area contributed by atoms with Crippen molar-refractivity contribution in [2.75, 3.05) is 13.1 Å². The fourth-order valence-electron chi connectivity index (χ4n) is 3.05. The van der Waals surface area contributed by atoms with Gasteiger partial charge in [0.1, 0.15) is 5.76 Å². The number of piperidine rings is 2. The molecule has 3 heterocycles. The topological polar surface area (TPSA) is 88.6 Å². The van der Waals surface area contributed by atoms with Crippen LogP contribution in [0.1, 0.15) is 35.6 Å². The highest BCUT2D eigenvalue weighted by Crippen LogP contribution is 2.26. The molecule has 0 saturated carbocycles. The van der Waals surface area contributed by atoms with Crippen LogP contribution in [-0.2, 0) is 11.3 Å². The summed E-state index contributed by atoms with van der Waals surface area (Å²) in [6.07, 6.45) is 2.22. The summed E-state index contributed by atoms with van der Waals surface area (Å²) >= 11 is 0. The van der Waals surface area contributed by atoms with Crippen molar-refractivity contribution in [3.05, 3.63) is 23.7 Å². The normalized spacial score (nSPS) is 26.1. The SMILES string of the molecule is NCc1ccc(C(=O)N2CCC3NC(=O)CCC3C2)o1. The van der Waals surface area contributed by atoms with Crippen molar-refractivity contribution in [3.8, 4) is 0 Å². The number of nitrogens with two attached hydrogens (primary N) is 1. The van der Waals surface area contributed by atoms with Crippen molar-refractivity contribution in [3.63, 3.8) is 0 Å². The number of carbonyl (C=O) groups excluding carboxylic acids is 2. The maximum atomic E-state index is 12.4. The highest BCUT2D eigenvalue weighted by molar-refractivity contribution is 5.91. The van der Waals surface area contributed by atoms with Crippen LogP contribution in [0, 0.1) is 5.92 Å². The number of fused-ring (bicyclic) bond motifs is 1. The molecule has 0 aliphatic carbocycles. The monoisotopic (exact) mass is 277 g/mol. The Kier molecular flexibility index (Phi) is 3.48. The highest BCUT2D eigenvalue weighted by Gasteiger charge is 2.36. The van der Waals surface area contributed by atoms with E-state index in [-0.39, 0.29) is 17.9 Å². The molecule has 2 atom stereocenters. The van der Waals surface area contributed by atoms with Crippen molar-refractivity contribution in [2.45, 2.75) is 31.8 Å². The second-order valence-electron chi connectivity index (χ2n) is 5.48. The van der Waals surface area contributed by atoms with Crippen LogP contribution in [0.25, 0.3) is 0 Å². The Bertz CT molecular complexity index is 525. The molecule has 6 heteroatoms. The van der Waals surface area contributed by atoms with Crippen LogP contribution in [0.3, 0.4) is 0 Å². The third-order valence-electron chi connectivity index (χ3n) is 4.18. The second-order valence-corrected chi connectivity index (χ2v) is 5.48. The molecule has 3 rings (SSSR count). The predicted octanol–water partition coefficient (Wildman–Crippen LogP) is 0.479. The maximum Gasteiger partial charge on any atom is 0.289 e. The Labute approximate surface area is 117 Å². The Morgan fingerprint density at radius 1 is 1.45 bits per heavy atom. The maximum absolute atomic E-state index is 12.4.